The molecule has 3 amide bonds. The van der Waals surface area contributed by atoms with Crippen molar-refractivity contribution in [1.82, 2.24) is 10.9 Å². The molecule has 0 saturated heterocycles. The van der Waals surface area contributed by atoms with Crippen LogP contribution < -0.4 is 20.9 Å². The van der Waals surface area contributed by atoms with Crippen LogP contribution in [0.3, 0.4) is 0 Å². The quantitative estimate of drug-likeness (QED) is 0.682. The van der Waals surface area contributed by atoms with Crippen LogP contribution in [0.15, 0.2) is 48.5 Å². The first-order valence-electron chi connectivity index (χ1n) is 8.65. The summed E-state index contributed by atoms with van der Waals surface area (Å²) in [5, 5.41) is 2.74. The number of hydrogen-bond acceptors (Lipinski definition) is 4. The Morgan fingerprint density at radius 2 is 1.56 bits per heavy atom. The van der Waals surface area contributed by atoms with Gasteiger partial charge in [-0.05, 0) is 49.4 Å². The Bertz CT molecular complexity index is 816. The molecule has 142 valence electrons. The topological polar surface area (TPSA) is 96.5 Å². The summed E-state index contributed by atoms with van der Waals surface area (Å²) in [7, 11) is 0. The van der Waals surface area contributed by atoms with E-state index in [0.29, 0.717) is 29.2 Å². The van der Waals surface area contributed by atoms with Crippen molar-refractivity contribution in [3.05, 3.63) is 59.7 Å². The number of hydrazine groups is 1. The highest BCUT2D eigenvalue weighted by atomic mass is 16.5. The molecule has 0 aliphatic carbocycles. The van der Waals surface area contributed by atoms with Crippen molar-refractivity contribution < 1.29 is 19.1 Å². The number of carbonyl (C=O) groups is 3. The molecule has 0 radical (unpaired) electrons. The summed E-state index contributed by atoms with van der Waals surface area (Å²) >= 11 is 0. The second-order valence-electron chi connectivity index (χ2n) is 6.09. The van der Waals surface area contributed by atoms with E-state index in [1.165, 1.54) is 0 Å². The average Bonchev–Trinajstić information content (AvgIpc) is 2.66. The third-order valence-corrected chi connectivity index (χ3v) is 3.64. The second kappa shape index (κ2) is 9.38. The van der Waals surface area contributed by atoms with Crippen molar-refractivity contribution in [3.8, 4) is 5.75 Å². The van der Waals surface area contributed by atoms with Gasteiger partial charge >= 0.3 is 0 Å². The average molecular weight is 369 g/mol. The molecule has 2 aromatic rings. The zero-order valence-corrected chi connectivity index (χ0v) is 15.5. The molecule has 27 heavy (non-hydrogen) atoms. The number of rotatable bonds is 6. The van der Waals surface area contributed by atoms with Gasteiger partial charge in [0.2, 0.25) is 5.91 Å². The van der Waals surface area contributed by atoms with Crippen LogP contribution in [0.1, 0.15) is 41.5 Å². The molecule has 7 heteroatoms. The lowest BCUT2D eigenvalue weighted by atomic mass is 10.1. The van der Waals surface area contributed by atoms with Gasteiger partial charge in [0.25, 0.3) is 11.8 Å². The molecule has 0 saturated carbocycles. The second-order valence-corrected chi connectivity index (χ2v) is 6.09. The van der Waals surface area contributed by atoms with Crippen LogP contribution in [-0.4, -0.2) is 24.3 Å². The van der Waals surface area contributed by atoms with E-state index in [9.17, 15) is 14.4 Å². The van der Waals surface area contributed by atoms with Crippen LogP contribution in [0.4, 0.5) is 5.69 Å². The molecule has 2 rings (SSSR count). The van der Waals surface area contributed by atoms with Crippen LogP contribution in [0.5, 0.6) is 5.75 Å². The van der Waals surface area contributed by atoms with Crippen LogP contribution in [0.2, 0.25) is 0 Å². The molecule has 0 spiro atoms. The standard InChI is InChI=1S/C20H23N3O4/c1-4-27-17-7-5-6-15(12-17)20(26)23-22-19(25)14-8-10-16(11-9-14)21-18(24)13(2)3/h5-13H,4H2,1-3H3,(H,21,24)(H,22,25)(H,23,26). The maximum Gasteiger partial charge on any atom is 0.269 e. The summed E-state index contributed by atoms with van der Waals surface area (Å²) in [4.78, 5) is 36.0. The first kappa shape index (κ1) is 20.0. The number of carbonyl (C=O) groups excluding carboxylic acids is 3. The largest absolute Gasteiger partial charge is 0.494 e. The highest BCUT2D eigenvalue weighted by Crippen LogP contribution is 2.13. The molecule has 7 nitrogen and oxygen atoms in total. The van der Waals surface area contributed by atoms with Gasteiger partial charge in [0, 0.05) is 22.7 Å². The van der Waals surface area contributed by atoms with Gasteiger partial charge < -0.3 is 10.1 Å². The molecule has 3 N–H and O–H groups in total. The van der Waals surface area contributed by atoms with Crippen molar-refractivity contribution in [1.29, 1.82) is 0 Å². The summed E-state index contributed by atoms with van der Waals surface area (Å²) in [6.07, 6.45) is 0. The summed E-state index contributed by atoms with van der Waals surface area (Å²) in [5.74, 6) is -0.578. The van der Waals surface area contributed by atoms with E-state index in [-0.39, 0.29) is 11.8 Å². The van der Waals surface area contributed by atoms with Crippen molar-refractivity contribution in [2.45, 2.75) is 20.8 Å². The first-order chi connectivity index (χ1) is 12.9. The van der Waals surface area contributed by atoms with Gasteiger partial charge in [-0.1, -0.05) is 19.9 Å². The number of amides is 3. The molecular weight excluding hydrogens is 346 g/mol. The maximum atomic E-state index is 12.2. The van der Waals surface area contributed by atoms with Gasteiger partial charge in [-0.15, -0.1) is 0 Å². The molecule has 0 fully saturated rings. The van der Waals surface area contributed by atoms with E-state index in [2.05, 4.69) is 16.2 Å². The monoisotopic (exact) mass is 369 g/mol. The Kier molecular flexibility index (Phi) is 6.93. The Hall–Kier alpha value is -3.35. The highest BCUT2D eigenvalue weighted by molar-refractivity contribution is 5.99. The summed E-state index contributed by atoms with van der Waals surface area (Å²) < 4.78 is 5.35. The van der Waals surface area contributed by atoms with Crippen molar-refractivity contribution in [2.24, 2.45) is 5.92 Å². The number of anilines is 1. The van der Waals surface area contributed by atoms with Crippen molar-refractivity contribution in [3.63, 3.8) is 0 Å². The zero-order valence-electron chi connectivity index (χ0n) is 15.5. The first-order valence-corrected chi connectivity index (χ1v) is 8.65. The molecule has 2 aromatic carbocycles. The smallest absolute Gasteiger partial charge is 0.269 e. The fourth-order valence-electron chi connectivity index (χ4n) is 2.14. The third kappa shape index (κ3) is 5.85. The lowest BCUT2D eigenvalue weighted by Crippen LogP contribution is -2.41. The summed E-state index contributed by atoms with van der Waals surface area (Å²) in [6.45, 7) is 5.94. The minimum absolute atomic E-state index is 0.103. The Morgan fingerprint density at radius 1 is 0.926 bits per heavy atom. The van der Waals surface area contributed by atoms with E-state index in [4.69, 9.17) is 4.74 Å². The van der Waals surface area contributed by atoms with Crippen molar-refractivity contribution >= 4 is 23.4 Å². The number of nitrogens with one attached hydrogen (secondary N) is 3. The van der Waals surface area contributed by atoms with Crippen LogP contribution in [-0.2, 0) is 4.79 Å². The summed E-state index contributed by atoms with van der Waals surface area (Å²) in [6, 6.07) is 13.0. The van der Waals surface area contributed by atoms with Crippen molar-refractivity contribution in [2.75, 3.05) is 11.9 Å². The predicted molar refractivity (Wildman–Crippen MR) is 102 cm³/mol. The predicted octanol–water partition coefficient (Wildman–Crippen LogP) is 2.75. The van der Waals surface area contributed by atoms with Crippen LogP contribution >= 0.6 is 0 Å². The molecular formula is C20H23N3O4. The summed E-state index contributed by atoms with van der Waals surface area (Å²) in [5.41, 5.74) is 6.04. The van der Waals surface area contributed by atoms with Crippen LogP contribution in [0, 0.1) is 5.92 Å². The highest BCUT2D eigenvalue weighted by Gasteiger charge is 2.11. The minimum Gasteiger partial charge on any atom is -0.494 e. The van der Waals surface area contributed by atoms with E-state index < -0.39 is 11.8 Å². The molecule has 0 bridgehead atoms. The van der Waals surface area contributed by atoms with Gasteiger partial charge in [-0.25, -0.2) is 0 Å². The van der Waals surface area contributed by atoms with E-state index >= 15 is 0 Å². The molecule has 0 aliphatic rings. The normalized spacial score (nSPS) is 10.2. The minimum atomic E-state index is -0.467. The molecule has 0 aliphatic heterocycles. The maximum absolute atomic E-state index is 12.2. The van der Waals surface area contributed by atoms with E-state index in [0.717, 1.165) is 0 Å². The van der Waals surface area contributed by atoms with Gasteiger partial charge in [0.05, 0.1) is 6.61 Å². The zero-order chi connectivity index (χ0) is 19.8. The van der Waals surface area contributed by atoms with Gasteiger partial charge in [-0.3, -0.25) is 25.2 Å². The fourth-order valence-corrected chi connectivity index (χ4v) is 2.14. The van der Waals surface area contributed by atoms with Crippen LogP contribution in [0.25, 0.3) is 0 Å². The molecule has 0 aromatic heterocycles. The molecule has 0 atom stereocenters. The lowest BCUT2D eigenvalue weighted by molar-refractivity contribution is -0.118. The van der Waals surface area contributed by atoms with Gasteiger partial charge in [-0.2, -0.15) is 0 Å². The van der Waals surface area contributed by atoms with E-state index in [1.54, 1.807) is 62.4 Å². The van der Waals surface area contributed by atoms with Gasteiger partial charge in [0.15, 0.2) is 0 Å². The SMILES string of the molecule is CCOc1cccc(C(=O)NNC(=O)c2ccc(NC(=O)C(C)C)cc2)c1. The van der Waals surface area contributed by atoms with E-state index in [1.807, 2.05) is 6.92 Å². The number of hydrogen-bond donors (Lipinski definition) is 3. The Balaban J connectivity index is 1.92. The Morgan fingerprint density at radius 3 is 2.15 bits per heavy atom. The number of benzene rings is 2. The Labute approximate surface area is 158 Å². The van der Waals surface area contributed by atoms with Gasteiger partial charge in [0.1, 0.15) is 5.75 Å². The molecule has 0 unspecified atom stereocenters. The number of ether oxygens (including phenoxy) is 1. The fraction of sp³-hybridized carbons (Fsp3) is 0.250. The third-order valence-electron chi connectivity index (χ3n) is 3.64. The molecule has 0 heterocycles. The lowest BCUT2D eigenvalue weighted by Gasteiger charge is -2.10.